The van der Waals surface area contributed by atoms with E-state index in [1.807, 2.05) is 31.2 Å². The molecule has 1 fully saturated rings. The summed E-state index contributed by atoms with van der Waals surface area (Å²) in [5, 5.41) is 11.5. The van der Waals surface area contributed by atoms with Crippen molar-refractivity contribution >= 4 is 11.8 Å². The molecule has 0 radical (unpaired) electrons. The van der Waals surface area contributed by atoms with E-state index >= 15 is 0 Å². The number of fused-ring (bicyclic) bond motifs is 1. The Morgan fingerprint density at radius 1 is 1.00 bits per heavy atom. The highest BCUT2D eigenvalue weighted by molar-refractivity contribution is 5.93. The minimum absolute atomic E-state index is 0.0502. The molecular weight excluding hydrogens is 442 g/mol. The molecule has 2 aliphatic heterocycles. The fraction of sp³-hybridized carbons (Fsp3) is 0.407. The van der Waals surface area contributed by atoms with Crippen LogP contribution in [-0.2, 0) is 29.2 Å². The van der Waals surface area contributed by atoms with Crippen molar-refractivity contribution in [2.45, 2.75) is 52.5 Å². The predicted molar refractivity (Wildman–Crippen MR) is 130 cm³/mol. The first-order valence-corrected chi connectivity index (χ1v) is 12.2. The number of ether oxygens (including phenoxy) is 1. The number of piperidine rings is 1. The van der Waals surface area contributed by atoms with Gasteiger partial charge in [-0.15, -0.1) is 5.10 Å². The van der Waals surface area contributed by atoms with Crippen molar-refractivity contribution in [1.82, 2.24) is 25.2 Å². The van der Waals surface area contributed by atoms with Gasteiger partial charge in [-0.05, 0) is 37.8 Å². The Hall–Kier alpha value is -3.52. The molecular formula is C27H31N5O3. The quantitative estimate of drug-likeness (QED) is 0.614. The van der Waals surface area contributed by atoms with Crippen LogP contribution in [0.4, 0.5) is 0 Å². The summed E-state index contributed by atoms with van der Waals surface area (Å²) in [5.41, 5.74) is 5.65. The molecule has 0 bridgehead atoms. The van der Waals surface area contributed by atoms with Crippen molar-refractivity contribution in [1.29, 1.82) is 0 Å². The van der Waals surface area contributed by atoms with Gasteiger partial charge in [-0.25, -0.2) is 4.68 Å². The first-order valence-electron chi connectivity index (χ1n) is 12.2. The van der Waals surface area contributed by atoms with E-state index < -0.39 is 0 Å². The molecule has 8 nitrogen and oxygen atoms in total. The average Bonchev–Trinajstić information content (AvgIpc) is 3.31. The Kier molecular flexibility index (Phi) is 6.63. The zero-order valence-corrected chi connectivity index (χ0v) is 20.2. The maximum atomic E-state index is 13.2. The molecule has 1 saturated heterocycles. The Labute approximate surface area is 205 Å². The number of carbonyl (C=O) groups is 2. The zero-order valence-electron chi connectivity index (χ0n) is 20.2. The smallest absolute Gasteiger partial charge is 0.276 e. The highest BCUT2D eigenvalue weighted by Gasteiger charge is 2.33. The van der Waals surface area contributed by atoms with Crippen LogP contribution >= 0.6 is 0 Å². The fourth-order valence-corrected chi connectivity index (χ4v) is 4.69. The van der Waals surface area contributed by atoms with Crippen molar-refractivity contribution in [3.8, 4) is 0 Å². The number of rotatable bonds is 5. The summed E-state index contributed by atoms with van der Waals surface area (Å²) in [4.78, 5) is 27.6. The van der Waals surface area contributed by atoms with E-state index in [-0.39, 0.29) is 23.8 Å². The lowest BCUT2D eigenvalue weighted by Crippen LogP contribution is -2.43. The summed E-state index contributed by atoms with van der Waals surface area (Å²) in [7, 11) is 0. The van der Waals surface area contributed by atoms with Gasteiger partial charge in [0.05, 0.1) is 18.8 Å². The van der Waals surface area contributed by atoms with E-state index in [1.54, 1.807) is 9.58 Å². The first-order chi connectivity index (χ1) is 17.0. The van der Waals surface area contributed by atoms with E-state index in [2.05, 4.69) is 46.8 Å². The zero-order chi connectivity index (χ0) is 24.4. The second kappa shape index (κ2) is 10.00. The molecule has 182 valence electrons. The normalized spacial score (nSPS) is 18.2. The van der Waals surface area contributed by atoms with Gasteiger partial charge in [-0.1, -0.05) is 64.9 Å². The van der Waals surface area contributed by atoms with Gasteiger partial charge in [0.15, 0.2) is 5.69 Å². The number of carbonyl (C=O) groups excluding carboxylic acids is 2. The number of aromatic nitrogens is 3. The van der Waals surface area contributed by atoms with Gasteiger partial charge >= 0.3 is 0 Å². The molecule has 0 unspecified atom stereocenters. The number of hydrogen-bond donors (Lipinski definition) is 1. The molecule has 1 atom stereocenters. The third-order valence-electron chi connectivity index (χ3n) is 6.99. The van der Waals surface area contributed by atoms with Gasteiger partial charge in [0.25, 0.3) is 5.91 Å². The van der Waals surface area contributed by atoms with Crippen LogP contribution in [0.25, 0.3) is 0 Å². The number of likely N-dealkylation sites (tertiary alicyclic amines) is 1. The van der Waals surface area contributed by atoms with Crippen molar-refractivity contribution in [2.24, 2.45) is 5.92 Å². The van der Waals surface area contributed by atoms with Crippen LogP contribution in [0.15, 0.2) is 48.5 Å². The number of hydrogen-bond acceptors (Lipinski definition) is 5. The van der Waals surface area contributed by atoms with Crippen LogP contribution in [-0.4, -0.2) is 44.8 Å². The summed E-state index contributed by atoms with van der Waals surface area (Å²) in [6.07, 6.45) is 1.17. The van der Waals surface area contributed by atoms with E-state index in [1.165, 1.54) is 11.1 Å². The molecule has 35 heavy (non-hydrogen) atoms. The van der Waals surface area contributed by atoms with E-state index in [4.69, 9.17) is 4.74 Å². The largest absolute Gasteiger partial charge is 0.365 e. The van der Waals surface area contributed by atoms with Gasteiger partial charge in [0.2, 0.25) is 5.91 Å². The van der Waals surface area contributed by atoms with Crippen LogP contribution in [0, 0.1) is 19.8 Å². The topological polar surface area (TPSA) is 89.4 Å². The maximum absolute atomic E-state index is 13.2. The van der Waals surface area contributed by atoms with Crippen molar-refractivity contribution in [3.63, 3.8) is 0 Å². The molecule has 0 saturated carbocycles. The third kappa shape index (κ3) is 5.12. The molecule has 2 aliphatic rings. The third-order valence-corrected chi connectivity index (χ3v) is 6.99. The van der Waals surface area contributed by atoms with Crippen molar-refractivity contribution < 1.29 is 14.3 Å². The Bertz CT molecular complexity index is 1190. The monoisotopic (exact) mass is 473 g/mol. The first kappa shape index (κ1) is 23.2. The summed E-state index contributed by atoms with van der Waals surface area (Å²) in [6.45, 7) is 6.50. The van der Waals surface area contributed by atoms with E-state index in [0.717, 1.165) is 16.8 Å². The molecule has 3 aromatic rings. The second-order valence-electron chi connectivity index (χ2n) is 9.55. The molecule has 0 spiro atoms. The number of nitrogens with one attached hydrogen (secondary N) is 1. The standard InChI is InChI=1S/C27H31N5O3/c1-18-3-7-20(8-4-18)15-28-26(33)22-11-13-31(14-12-22)27(34)25-23-17-35-24(16-32(23)30-29-25)21-9-5-19(2)6-10-21/h3-10,22,24H,11-17H2,1-2H3,(H,28,33)/t24-/m1/s1. The van der Waals surface area contributed by atoms with Crippen molar-refractivity contribution in [3.05, 3.63) is 82.2 Å². The van der Waals surface area contributed by atoms with Crippen LogP contribution in [0.3, 0.4) is 0 Å². The molecule has 1 N–H and O–H groups in total. The van der Waals surface area contributed by atoms with Crippen LogP contribution in [0.2, 0.25) is 0 Å². The van der Waals surface area contributed by atoms with Gasteiger partial charge in [-0.3, -0.25) is 9.59 Å². The van der Waals surface area contributed by atoms with Crippen LogP contribution in [0.5, 0.6) is 0 Å². The lowest BCUT2D eigenvalue weighted by molar-refractivity contribution is -0.126. The van der Waals surface area contributed by atoms with Crippen LogP contribution in [0.1, 0.15) is 57.4 Å². The maximum Gasteiger partial charge on any atom is 0.276 e. The summed E-state index contributed by atoms with van der Waals surface area (Å²) in [6, 6.07) is 16.4. The molecule has 3 heterocycles. The molecule has 0 aliphatic carbocycles. The number of aryl methyl sites for hydroxylation is 2. The van der Waals surface area contributed by atoms with E-state index in [0.29, 0.717) is 51.3 Å². The second-order valence-corrected chi connectivity index (χ2v) is 9.55. The van der Waals surface area contributed by atoms with Gasteiger partial charge < -0.3 is 15.0 Å². The van der Waals surface area contributed by atoms with Gasteiger partial charge in [-0.2, -0.15) is 0 Å². The predicted octanol–water partition coefficient (Wildman–Crippen LogP) is 3.34. The SMILES string of the molecule is Cc1ccc(CNC(=O)C2CCN(C(=O)c3nnn4c3CO[C@@H](c3ccc(C)cc3)C4)CC2)cc1. The minimum atomic E-state index is -0.137. The summed E-state index contributed by atoms with van der Waals surface area (Å²) in [5.74, 6) is -0.173. The molecule has 2 amide bonds. The highest BCUT2D eigenvalue weighted by atomic mass is 16.5. The van der Waals surface area contributed by atoms with E-state index in [9.17, 15) is 9.59 Å². The Morgan fingerprint density at radius 3 is 2.34 bits per heavy atom. The highest BCUT2D eigenvalue weighted by Crippen LogP contribution is 2.28. The number of amides is 2. The Balaban J connectivity index is 1.15. The van der Waals surface area contributed by atoms with Crippen LogP contribution < -0.4 is 5.32 Å². The number of nitrogens with zero attached hydrogens (tertiary/aromatic N) is 4. The van der Waals surface area contributed by atoms with Gasteiger partial charge in [0, 0.05) is 25.6 Å². The lowest BCUT2D eigenvalue weighted by Gasteiger charge is -2.31. The minimum Gasteiger partial charge on any atom is -0.365 e. The van der Waals surface area contributed by atoms with Gasteiger partial charge in [0.1, 0.15) is 6.10 Å². The number of benzene rings is 2. The molecule has 1 aromatic heterocycles. The lowest BCUT2D eigenvalue weighted by atomic mass is 9.95. The Morgan fingerprint density at radius 2 is 1.66 bits per heavy atom. The average molecular weight is 474 g/mol. The van der Waals surface area contributed by atoms with Crippen molar-refractivity contribution in [2.75, 3.05) is 13.1 Å². The summed E-state index contributed by atoms with van der Waals surface area (Å²) < 4.78 is 7.84. The summed E-state index contributed by atoms with van der Waals surface area (Å²) >= 11 is 0. The fourth-order valence-electron chi connectivity index (χ4n) is 4.69. The molecule has 2 aromatic carbocycles. The molecule has 5 rings (SSSR count). The molecule has 8 heteroatoms.